The summed E-state index contributed by atoms with van der Waals surface area (Å²) in [7, 11) is 0. The van der Waals surface area contributed by atoms with Gasteiger partial charge in [-0.3, -0.25) is 4.90 Å². The van der Waals surface area contributed by atoms with Crippen LogP contribution in [0.1, 0.15) is 33.3 Å². The normalized spacial score (nSPS) is 18.9. The topological polar surface area (TPSA) is 32.5 Å². The van der Waals surface area contributed by atoms with Crippen LogP contribution in [0.25, 0.3) is 0 Å². The maximum Gasteiger partial charge on any atom is 0.146 e. The van der Waals surface area contributed by atoms with Crippen LogP contribution >= 0.6 is 0 Å². The van der Waals surface area contributed by atoms with Gasteiger partial charge in [0.1, 0.15) is 5.82 Å². The zero-order chi connectivity index (χ0) is 15.6. The second-order valence-corrected chi connectivity index (χ2v) is 7.11. The van der Waals surface area contributed by atoms with Gasteiger partial charge in [-0.2, -0.15) is 0 Å². The number of anilines is 1. The molecule has 118 valence electrons. The lowest BCUT2D eigenvalue weighted by atomic mass is 10.0. The van der Waals surface area contributed by atoms with Gasteiger partial charge in [-0.15, -0.1) is 0 Å². The third-order valence-corrected chi connectivity index (χ3v) is 4.14. The van der Waals surface area contributed by atoms with E-state index in [0.29, 0.717) is 0 Å². The first-order valence-corrected chi connectivity index (χ1v) is 7.81. The van der Waals surface area contributed by atoms with Gasteiger partial charge in [0.25, 0.3) is 0 Å². The summed E-state index contributed by atoms with van der Waals surface area (Å²) in [5, 5.41) is 0. The van der Waals surface area contributed by atoms with Crippen molar-refractivity contribution in [1.29, 1.82) is 0 Å². The summed E-state index contributed by atoms with van der Waals surface area (Å²) in [5.74, 6) is -0.127. The number of piperazine rings is 1. The van der Waals surface area contributed by atoms with Gasteiger partial charge in [-0.25, -0.2) is 4.39 Å². The highest BCUT2D eigenvalue weighted by atomic mass is 19.1. The number of halogens is 1. The number of rotatable bonds is 3. The Balaban J connectivity index is 2.04. The Bertz CT molecular complexity index is 471. The standard InChI is InChI=1S/C17H28FN3/c1-13(19)11-14-5-6-16(15(18)12-14)20-7-9-21(10-8-20)17(2,3)4/h5-6,12-13H,7-11,19H2,1-4H3. The second kappa shape index (κ2) is 6.32. The van der Waals surface area contributed by atoms with Crippen LogP contribution < -0.4 is 10.6 Å². The van der Waals surface area contributed by atoms with Crippen LogP contribution in [0.2, 0.25) is 0 Å². The molecular formula is C17H28FN3. The van der Waals surface area contributed by atoms with Crippen molar-refractivity contribution in [2.75, 3.05) is 31.1 Å². The molecule has 1 aliphatic heterocycles. The van der Waals surface area contributed by atoms with E-state index < -0.39 is 0 Å². The lowest BCUT2D eigenvalue weighted by Gasteiger charge is -2.43. The Morgan fingerprint density at radius 2 is 1.81 bits per heavy atom. The fourth-order valence-corrected chi connectivity index (χ4v) is 2.92. The molecule has 21 heavy (non-hydrogen) atoms. The van der Waals surface area contributed by atoms with Gasteiger partial charge >= 0.3 is 0 Å². The van der Waals surface area contributed by atoms with Crippen LogP contribution in [-0.4, -0.2) is 42.7 Å². The van der Waals surface area contributed by atoms with Crippen molar-refractivity contribution in [1.82, 2.24) is 4.90 Å². The summed E-state index contributed by atoms with van der Waals surface area (Å²) in [6.45, 7) is 12.3. The van der Waals surface area contributed by atoms with E-state index in [-0.39, 0.29) is 17.4 Å². The predicted octanol–water partition coefficient (Wildman–Crippen LogP) is 2.64. The molecule has 2 N–H and O–H groups in total. The van der Waals surface area contributed by atoms with E-state index in [4.69, 9.17) is 5.73 Å². The zero-order valence-corrected chi connectivity index (χ0v) is 13.7. The van der Waals surface area contributed by atoms with Crippen LogP contribution in [0.15, 0.2) is 18.2 Å². The van der Waals surface area contributed by atoms with Crippen LogP contribution in [-0.2, 0) is 6.42 Å². The highest BCUT2D eigenvalue weighted by Crippen LogP contribution is 2.24. The number of nitrogens with zero attached hydrogens (tertiary/aromatic N) is 2. The van der Waals surface area contributed by atoms with Crippen molar-refractivity contribution < 1.29 is 4.39 Å². The molecule has 1 aromatic rings. The van der Waals surface area contributed by atoms with Crippen molar-refractivity contribution in [3.63, 3.8) is 0 Å². The molecule has 1 aliphatic rings. The average Bonchev–Trinajstić information content (AvgIpc) is 2.37. The van der Waals surface area contributed by atoms with E-state index in [2.05, 4.69) is 30.6 Å². The molecule has 1 heterocycles. The van der Waals surface area contributed by atoms with E-state index >= 15 is 0 Å². The molecule has 4 heteroatoms. The number of hydrogen-bond acceptors (Lipinski definition) is 3. The van der Waals surface area contributed by atoms with Crippen molar-refractivity contribution >= 4 is 5.69 Å². The summed E-state index contributed by atoms with van der Waals surface area (Å²) < 4.78 is 14.3. The molecule has 0 spiro atoms. The third-order valence-electron chi connectivity index (χ3n) is 4.14. The fraction of sp³-hybridized carbons (Fsp3) is 0.647. The quantitative estimate of drug-likeness (QED) is 0.930. The largest absolute Gasteiger partial charge is 0.367 e. The van der Waals surface area contributed by atoms with Crippen molar-refractivity contribution in [2.45, 2.75) is 45.7 Å². The Morgan fingerprint density at radius 1 is 1.19 bits per heavy atom. The third kappa shape index (κ3) is 4.17. The van der Waals surface area contributed by atoms with Crippen molar-refractivity contribution in [2.24, 2.45) is 5.73 Å². The Kier molecular flexibility index (Phi) is 4.89. The zero-order valence-electron chi connectivity index (χ0n) is 13.7. The van der Waals surface area contributed by atoms with Gasteiger partial charge in [-0.1, -0.05) is 6.07 Å². The molecule has 3 nitrogen and oxygen atoms in total. The second-order valence-electron chi connectivity index (χ2n) is 7.11. The average molecular weight is 293 g/mol. The lowest BCUT2D eigenvalue weighted by Crippen LogP contribution is -2.53. The highest BCUT2D eigenvalue weighted by Gasteiger charge is 2.26. The molecule has 1 fully saturated rings. The van der Waals surface area contributed by atoms with E-state index in [1.807, 2.05) is 19.1 Å². The molecule has 1 saturated heterocycles. The highest BCUT2D eigenvalue weighted by molar-refractivity contribution is 5.49. The first kappa shape index (κ1) is 16.2. The van der Waals surface area contributed by atoms with Crippen molar-refractivity contribution in [3.05, 3.63) is 29.6 Å². The fourth-order valence-electron chi connectivity index (χ4n) is 2.92. The van der Waals surface area contributed by atoms with E-state index in [1.54, 1.807) is 6.07 Å². The van der Waals surface area contributed by atoms with E-state index in [0.717, 1.165) is 43.9 Å². The molecule has 1 aromatic carbocycles. The van der Waals surface area contributed by atoms with Gasteiger partial charge in [0.15, 0.2) is 0 Å². The smallest absolute Gasteiger partial charge is 0.146 e. The van der Waals surface area contributed by atoms with Crippen LogP contribution in [0.5, 0.6) is 0 Å². The SMILES string of the molecule is CC(N)Cc1ccc(N2CCN(C(C)(C)C)CC2)c(F)c1. The summed E-state index contributed by atoms with van der Waals surface area (Å²) in [4.78, 5) is 4.60. The summed E-state index contributed by atoms with van der Waals surface area (Å²) in [6.07, 6.45) is 0.717. The first-order valence-electron chi connectivity index (χ1n) is 7.81. The van der Waals surface area contributed by atoms with Gasteiger partial charge in [0.05, 0.1) is 5.69 Å². The lowest BCUT2D eigenvalue weighted by molar-refractivity contribution is 0.128. The minimum absolute atomic E-state index is 0.0607. The Labute approximate surface area is 127 Å². The first-order chi connectivity index (χ1) is 9.77. The molecule has 1 atom stereocenters. The molecular weight excluding hydrogens is 265 g/mol. The number of nitrogens with two attached hydrogens (primary N) is 1. The van der Waals surface area contributed by atoms with Crippen LogP contribution in [0, 0.1) is 5.82 Å². The molecule has 0 aliphatic carbocycles. The van der Waals surface area contributed by atoms with Crippen LogP contribution in [0.3, 0.4) is 0 Å². The monoisotopic (exact) mass is 293 g/mol. The van der Waals surface area contributed by atoms with Crippen LogP contribution in [0.4, 0.5) is 10.1 Å². The Hall–Kier alpha value is -1.13. The molecule has 1 unspecified atom stereocenters. The summed E-state index contributed by atoms with van der Waals surface area (Å²) in [5.41, 5.74) is 7.65. The van der Waals surface area contributed by atoms with Gasteiger partial charge < -0.3 is 10.6 Å². The van der Waals surface area contributed by atoms with E-state index in [9.17, 15) is 4.39 Å². The maximum absolute atomic E-state index is 14.3. The van der Waals surface area contributed by atoms with Crippen molar-refractivity contribution in [3.8, 4) is 0 Å². The summed E-state index contributed by atoms with van der Waals surface area (Å²) in [6, 6.07) is 5.59. The summed E-state index contributed by atoms with van der Waals surface area (Å²) >= 11 is 0. The Morgan fingerprint density at radius 3 is 2.29 bits per heavy atom. The minimum Gasteiger partial charge on any atom is -0.367 e. The maximum atomic E-state index is 14.3. The minimum atomic E-state index is -0.127. The predicted molar refractivity (Wildman–Crippen MR) is 87.3 cm³/mol. The number of benzene rings is 1. The molecule has 2 rings (SSSR count). The van der Waals surface area contributed by atoms with Gasteiger partial charge in [0, 0.05) is 37.8 Å². The molecule has 0 amide bonds. The number of hydrogen-bond donors (Lipinski definition) is 1. The van der Waals surface area contributed by atoms with E-state index in [1.165, 1.54) is 0 Å². The molecule has 0 radical (unpaired) electrons. The molecule has 0 saturated carbocycles. The van der Waals surface area contributed by atoms with Gasteiger partial charge in [0.2, 0.25) is 0 Å². The van der Waals surface area contributed by atoms with Gasteiger partial charge in [-0.05, 0) is 51.8 Å². The molecule has 0 bridgehead atoms. The molecule has 0 aromatic heterocycles.